The van der Waals surface area contributed by atoms with E-state index < -0.39 is 8.03 Å². The Labute approximate surface area is 56.5 Å². The number of rotatable bonds is 3. The van der Waals surface area contributed by atoms with Gasteiger partial charge in [-0.3, -0.25) is 4.57 Å². The third kappa shape index (κ3) is 4.43. The van der Waals surface area contributed by atoms with Crippen molar-refractivity contribution >= 4 is 8.03 Å². The van der Waals surface area contributed by atoms with Gasteiger partial charge in [-0.2, -0.15) is 0 Å². The lowest BCUT2D eigenvalue weighted by Crippen LogP contribution is -1.85. The van der Waals surface area contributed by atoms with Gasteiger partial charge in [0.1, 0.15) is 0 Å². The molecule has 0 bridgehead atoms. The maximum Gasteiger partial charge on any atom is 0.213 e. The van der Waals surface area contributed by atoms with Crippen molar-refractivity contribution in [1.82, 2.24) is 0 Å². The van der Waals surface area contributed by atoms with Crippen LogP contribution >= 0.6 is 8.03 Å². The minimum atomic E-state index is -2.45. The van der Waals surface area contributed by atoms with E-state index in [4.69, 9.17) is 4.89 Å². The lowest BCUT2D eigenvalue weighted by molar-refractivity contribution is 0.504. The lowest BCUT2D eigenvalue weighted by Gasteiger charge is -2.02. The first-order valence-electron chi connectivity index (χ1n) is 2.95. The maximum atomic E-state index is 10.3. The van der Waals surface area contributed by atoms with E-state index in [1.807, 2.05) is 13.8 Å². The summed E-state index contributed by atoms with van der Waals surface area (Å²) in [5.74, 6) is 0.429. The predicted octanol–water partition coefficient (Wildman–Crippen LogP) is 2.01. The normalized spacial score (nSPS) is 13.8. The number of hydrogen-bond acceptors (Lipinski definition) is 1. The van der Waals surface area contributed by atoms with Crippen molar-refractivity contribution in [2.24, 2.45) is 5.92 Å². The van der Waals surface area contributed by atoms with Crippen LogP contribution in [0.4, 0.5) is 0 Å². The summed E-state index contributed by atoms with van der Waals surface area (Å²) in [6, 6.07) is 0. The van der Waals surface area contributed by atoms with Crippen LogP contribution < -0.4 is 0 Å². The van der Waals surface area contributed by atoms with E-state index in [1.165, 1.54) is 0 Å². The molecule has 0 aromatic heterocycles. The Kier molecular flexibility index (Phi) is 3.83. The second kappa shape index (κ2) is 3.86. The molecule has 0 spiro atoms. The van der Waals surface area contributed by atoms with Crippen LogP contribution in [0.25, 0.3) is 0 Å². The molecule has 0 aromatic rings. The van der Waals surface area contributed by atoms with Gasteiger partial charge < -0.3 is 4.89 Å². The summed E-state index contributed by atoms with van der Waals surface area (Å²) in [6.45, 7) is 7.47. The fraction of sp³-hybridized carbons (Fsp3) is 0.667. The Morgan fingerprint density at radius 1 is 1.78 bits per heavy atom. The molecule has 0 heterocycles. The molecule has 0 fully saturated rings. The molecule has 1 N–H and O–H groups in total. The lowest BCUT2D eigenvalue weighted by atomic mass is 10.1. The highest BCUT2D eigenvalue weighted by molar-refractivity contribution is 7.43. The Morgan fingerprint density at radius 2 is 2.22 bits per heavy atom. The first-order valence-corrected chi connectivity index (χ1v) is 4.30. The van der Waals surface area contributed by atoms with Crippen molar-refractivity contribution in [3.63, 3.8) is 0 Å². The molecule has 0 amide bonds. The molecule has 0 aliphatic carbocycles. The fourth-order valence-electron chi connectivity index (χ4n) is 0.580. The van der Waals surface area contributed by atoms with Gasteiger partial charge in [0.2, 0.25) is 8.03 Å². The van der Waals surface area contributed by atoms with Crippen LogP contribution in [0.5, 0.6) is 0 Å². The first-order chi connectivity index (χ1) is 4.04. The van der Waals surface area contributed by atoms with E-state index in [0.29, 0.717) is 17.7 Å². The maximum absolute atomic E-state index is 10.3. The molecule has 9 heavy (non-hydrogen) atoms. The largest absolute Gasteiger partial charge is 0.343 e. The minimum Gasteiger partial charge on any atom is -0.343 e. The van der Waals surface area contributed by atoms with E-state index >= 15 is 0 Å². The summed E-state index contributed by atoms with van der Waals surface area (Å²) in [5, 5.41) is 0.481. The monoisotopic (exact) mass is 148 g/mol. The zero-order chi connectivity index (χ0) is 7.44. The first kappa shape index (κ1) is 8.93. The summed E-state index contributed by atoms with van der Waals surface area (Å²) in [4.78, 5) is 8.52. The van der Waals surface area contributed by atoms with Crippen LogP contribution in [0.1, 0.15) is 20.3 Å². The van der Waals surface area contributed by atoms with Gasteiger partial charge in [-0.1, -0.05) is 20.4 Å². The van der Waals surface area contributed by atoms with E-state index in [1.54, 1.807) is 0 Å². The van der Waals surface area contributed by atoms with Crippen molar-refractivity contribution in [3.8, 4) is 0 Å². The van der Waals surface area contributed by atoms with Crippen LogP contribution in [0.2, 0.25) is 0 Å². The van der Waals surface area contributed by atoms with E-state index in [9.17, 15) is 4.57 Å². The van der Waals surface area contributed by atoms with Crippen molar-refractivity contribution in [2.75, 3.05) is 0 Å². The molecule has 3 heteroatoms. The summed E-state index contributed by atoms with van der Waals surface area (Å²) in [7, 11) is -2.45. The Hall–Kier alpha value is -0.0700. The third-order valence-electron chi connectivity index (χ3n) is 0.957. The quantitative estimate of drug-likeness (QED) is 0.621. The van der Waals surface area contributed by atoms with E-state index in [-0.39, 0.29) is 0 Å². The summed E-state index contributed by atoms with van der Waals surface area (Å²) in [6.07, 6.45) is 0.661. The summed E-state index contributed by atoms with van der Waals surface area (Å²) < 4.78 is 10.3. The third-order valence-corrected chi connectivity index (χ3v) is 1.77. The fourth-order valence-corrected chi connectivity index (χ4v) is 1.16. The van der Waals surface area contributed by atoms with Gasteiger partial charge in [-0.25, -0.2) is 0 Å². The highest BCUT2D eigenvalue weighted by Crippen LogP contribution is 2.30. The van der Waals surface area contributed by atoms with Gasteiger partial charge in [0.25, 0.3) is 0 Å². The molecule has 0 radical (unpaired) electrons. The van der Waals surface area contributed by atoms with Crippen molar-refractivity contribution in [3.05, 3.63) is 11.9 Å². The standard InChI is InChI=1S/C6H13O2P/c1-5(2)4-6(3)9(7)8/h5,9H,3-4H2,1-2H3,(H,7,8). The predicted molar refractivity (Wildman–Crippen MR) is 39.8 cm³/mol. The van der Waals surface area contributed by atoms with Crippen molar-refractivity contribution < 1.29 is 9.46 Å². The molecule has 0 rings (SSSR count). The van der Waals surface area contributed by atoms with Gasteiger partial charge in [-0.15, -0.1) is 0 Å². The zero-order valence-corrected chi connectivity index (χ0v) is 6.85. The van der Waals surface area contributed by atoms with Crippen LogP contribution in [-0.2, 0) is 4.57 Å². The van der Waals surface area contributed by atoms with Gasteiger partial charge in [0.15, 0.2) is 0 Å². The highest BCUT2D eigenvalue weighted by atomic mass is 31.1. The Morgan fingerprint density at radius 3 is 2.33 bits per heavy atom. The molecule has 1 unspecified atom stereocenters. The highest BCUT2D eigenvalue weighted by Gasteiger charge is 2.01. The molecule has 0 aromatic carbocycles. The number of hydrogen-bond donors (Lipinski definition) is 1. The van der Waals surface area contributed by atoms with Crippen LogP contribution in [0, 0.1) is 5.92 Å². The average molecular weight is 148 g/mol. The van der Waals surface area contributed by atoms with Crippen LogP contribution in [0.15, 0.2) is 11.9 Å². The second-order valence-electron chi connectivity index (χ2n) is 2.51. The summed E-state index contributed by atoms with van der Waals surface area (Å²) in [5.41, 5.74) is 0. The van der Waals surface area contributed by atoms with Gasteiger partial charge >= 0.3 is 0 Å². The zero-order valence-electron chi connectivity index (χ0n) is 5.85. The van der Waals surface area contributed by atoms with E-state index in [2.05, 4.69) is 6.58 Å². The molecule has 1 atom stereocenters. The van der Waals surface area contributed by atoms with Crippen molar-refractivity contribution in [2.45, 2.75) is 20.3 Å². The summed E-state index contributed by atoms with van der Waals surface area (Å²) >= 11 is 0. The van der Waals surface area contributed by atoms with Gasteiger partial charge in [0.05, 0.1) is 0 Å². The minimum absolute atomic E-state index is 0.429. The molecule has 0 aliphatic heterocycles. The van der Waals surface area contributed by atoms with Gasteiger partial charge in [0, 0.05) is 5.31 Å². The molecule has 54 valence electrons. The van der Waals surface area contributed by atoms with Crippen LogP contribution in [-0.4, -0.2) is 4.89 Å². The Balaban J connectivity index is 3.65. The molecule has 2 nitrogen and oxygen atoms in total. The molecule has 0 saturated heterocycles. The van der Waals surface area contributed by atoms with Crippen molar-refractivity contribution in [1.29, 1.82) is 0 Å². The molecule has 0 saturated carbocycles. The number of allylic oxidation sites excluding steroid dienone is 1. The molecular formula is C6H13O2P. The topological polar surface area (TPSA) is 37.3 Å². The Bertz CT molecular complexity index is 129. The van der Waals surface area contributed by atoms with E-state index in [0.717, 1.165) is 0 Å². The molecule has 0 aliphatic rings. The van der Waals surface area contributed by atoms with Gasteiger partial charge in [-0.05, 0) is 12.3 Å². The SMILES string of the molecule is C=C(CC(C)C)[PH](=O)O. The van der Waals surface area contributed by atoms with Crippen LogP contribution in [0.3, 0.4) is 0 Å². The average Bonchev–Trinajstić information content (AvgIpc) is 1.63. The second-order valence-corrected chi connectivity index (χ2v) is 3.82. The molecular weight excluding hydrogens is 135 g/mol. The smallest absolute Gasteiger partial charge is 0.213 e.